The van der Waals surface area contributed by atoms with E-state index >= 15 is 0 Å². The van der Waals surface area contributed by atoms with Gasteiger partial charge >= 0.3 is 0 Å². The van der Waals surface area contributed by atoms with Crippen LogP contribution >= 0.6 is 0 Å². The Morgan fingerprint density at radius 1 is 1.30 bits per heavy atom. The number of hydrogen-bond donors (Lipinski definition) is 0. The van der Waals surface area contributed by atoms with Crippen LogP contribution in [0.25, 0.3) is 11.0 Å². The first-order valence-corrected chi connectivity index (χ1v) is 6.81. The number of rotatable bonds is 2. The number of nitrogens with zero attached hydrogens (tertiary/aromatic N) is 3. The SMILES string of the molecule is COC1CCCN(C(=O)c2ccc3nccnc3c2)C1. The molecule has 2 aromatic rings. The molecule has 1 amide bonds. The third kappa shape index (κ3) is 2.49. The van der Waals surface area contributed by atoms with Crippen molar-refractivity contribution in [3.63, 3.8) is 0 Å². The van der Waals surface area contributed by atoms with Crippen molar-refractivity contribution in [3.8, 4) is 0 Å². The molecule has 1 aromatic heterocycles. The highest BCUT2D eigenvalue weighted by Gasteiger charge is 2.24. The smallest absolute Gasteiger partial charge is 0.254 e. The highest BCUT2D eigenvalue weighted by molar-refractivity contribution is 5.97. The number of amides is 1. The fourth-order valence-corrected chi connectivity index (χ4v) is 2.59. The molecule has 0 saturated carbocycles. The van der Waals surface area contributed by atoms with E-state index in [9.17, 15) is 4.79 Å². The third-order valence-corrected chi connectivity index (χ3v) is 3.71. The molecule has 0 N–H and O–H groups in total. The lowest BCUT2D eigenvalue weighted by atomic mass is 10.1. The standard InChI is InChI=1S/C15H17N3O2/c1-20-12-3-2-8-18(10-12)15(19)11-4-5-13-14(9-11)17-7-6-16-13/h4-7,9,12H,2-3,8,10H2,1H3. The molecule has 1 aliphatic heterocycles. The van der Waals surface area contributed by atoms with Crippen LogP contribution < -0.4 is 0 Å². The Hall–Kier alpha value is -2.01. The topological polar surface area (TPSA) is 55.3 Å². The van der Waals surface area contributed by atoms with Crippen LogP contribution in [0.15, 0.2) is 30.6 Å². The minimum absolute atomic E-state index is 0.0410. The van der Waals surface area contributed by atoms with Crippen molar-refractivity contribution in [1.82, 2.24) is 14.9 Å². The van der Waals surface area contributed by atoms with Crippen LogP contribution in [0.2, 0.25) is 0 Å². The summed E-state index contributed by atoms with van der Waals surface area (Å²) in [5, 5.41) is 0. The Bertz CT molecular complexity index is 629. The summed E-state index contributed by atoms with van der Waals surface area (Å²) in [6.07, 6.45) is 5.44. The van der Waals surface area contributed by atoms with Crippen LogP contribution in [0.5, 0.6) is 0 Å². The molecule has 1 atom stereocenters. The second-order valence-electron chi connectivity index (χ2n) is 5.01. The molecule has 3 rings (SSSR count). The van der Waals surface area contributed by atoms with Crippen molar-refractivity contribution in [2.45, 2.75) is 18.9 Å². The van der Waals surface area contributed by atoms with E-state index in [0.717, 1.165) is 30.4 Å². The number of fused-ring (bicyclic) bond motifs is 1. The van der Waals surface area contributed by atoms with Crippen LogP contribution in [-0.4, -0.2) is 47.1 Å². The molecule has 1 unspecified atom stereocenters. The van der Waals surface area contributed by atoms with Crippen molar-refractivity contribution in [1.29, 1.82) is 0 Å². The zero-order valence-corrected chi connectivity index (χ0v) is 11.5. The van der Waals surface area contributed by atoms with Gasteiger partial charge in [-0.3, -0.25) is 14.8 Å². The minimum Gasteiger partial charge on any atom is -0.380 e. The first kappa shape index (κ1) is 13.0. The quantitative estimate of drug-likeness (QED) is 0.837. The molecule has 0 aliphatic carbocycles. The van der Waals surface area contributed by atoms with Gasteiger partial charge in [0.05, 0.1) is 17.1 Å². The van der Waals surface area contributed by atoms with Crippen LogP contribution in [0, 0.1) is 0 Å². The maximum Gasteiger partial charge on any atom is 0.254 e. The average molecular weight is 271 g/mol. The summed E-state index contributed by atoms with van der Waals surface area (Å²) in [6.45, 7) is 1.45. The molecule has 0 radical (unpaired) electrons. The summed E-state index contributed by atoms with van der Waals surface area (Å²) in [5.41, 5.74) is 2.21. The summed E-state index contributed by atoms with van der Waals surface area (Å²) in [4.78, 5) is 22.8. The van der Waals surface area contributed by atoms with E-state index in [1.165, 1.54) is 0 Å². The number of hydrogen-bond acceptors (Lipinski definition) is 4. The molecule has 1 aliphatic rings. The Balaban J connectivity index is 1.84. The van der Waals surface area contributed by atoms with E-state index in [1.807, 2.05) is 17.0 Å². The van der Waals surface area contributed by atoms with Gasteiger partial charge in [-0.15, -0.1) is 0 Å². The Morgan fingerprint density at radius 2 is 2.10 bits per heavy atom. The van der Waals surface area contributed by atoms with Crippen molar-refractivity contribution >= 4 is 16.9 Å². The van der Waals surface area contributed by atoms with Crippen molar-refractivity contribution in [2.24, 2.45) is 0 Å². The van der Waals surface area contributed by atoms with E-state index < -0.39 is 0 Å². The number of likely N-dealkylation sites (tertiary alicyclic amines) is 1. The first-order valence-electron chi connectivity index (χ1n) is 6.81. The Labute approximate surface area is 117 Å². The number of piperidine rings is 1. The van der Waals surface area contributed by atoms with Crippen molar-refractivity contribution in [2.75, 3.05) is 20.2 Å². The maximum absolute atomic E-state index is 12.5. The molecule has 5 nitrogen and oxygen atoms in total. The number of ether oxygens (including phenoxy) is 1. The molecule has 2 heterocycles. The number of aromatic nitrogens is 2. The third-order valence-electron chi connectivity index (χ3n) is 3.71. The van der Waals surface area contributed by atoms with E-state index in [0.29, 0.717) is 12.1 Å². The fourth-order valence-electron chi connectivity index (χ4n) is 2.59. The van der Waals surface area contributed by atoms with E-state index in [-0.39, 0.29) is 12.0 Å². The monoisotopic (exact) mass is 271 g/mol. The van der Waals surface area contributed by atoms with E-state index in [1.54, 1.807) is 25.6 Å². The van der Waals surface area contributed by atoms with Gasteiger partial charge in [0, 0.05) is 38.2 Å². The lowest BCUT2D eigenvalue weighted by Gasteiger charge is -2.32. The highest BCUT2D eigenvalue weighted by atomic mass is 16.5. The molecular formula is C15H17N3O2. The van der Waals surface area contributed by atoms with Crippen LogP contribution in [0.4, 0.5) is 0 Å². The second kappa shape index (κ2) is 5.54. The molecule has 104 valence electrons. The minimum atomic E-state index is 0.0410. The van der Waals surface area contributed by atoms with Gasteiger partial charge < -0.3 is 9.64 Å². The highest BCUT2D eigenvalue weighted by Crippen LogP contribution is 2.17. The van der Waals surface area contributed by atoms with Gasteiger partial charge in [0.25, 0.3) is 5.91 Å². The van der Waals surface area contributed by atoms with Crippen LogP contribution in [0.1, 0.15) is 23.2 Å². The molecule has 1 fully saturated rings. The van der Waals surface area contributed by atoms with Crippen LogP contribution in [0.3, 0.4) is 0 Å². The summed E-state index contributed by atoms with van der Waals surface area (Å²) in [6, 6.07) is 5.46. The normalized spacial score (nSPS) is 19.2. The van der Waals surface area contributed by atoms with Gasteiger partial charge in [-0.05, 0) is 31.0 Å². The predicted octanol–water partition coefficient (Wildman–Crippen LogP) is 1.88. The zero-order chi connectivity index (χ0) is 13.9. The molecule has 5 heteroatoms. The van der Waals surface area contributed by atoms with Crippen molar-refractivity contribution in [3.05, 3.63) is 36.2 Å². The van der Waals surface area contributed by atoms with Gasteiger partial charge in [-0.25, -0.2) is 0 Å². The fraction of sp³-hybridized carbons (Fsp3) is 0.400. The van der Waals surface area contributed by atoms with Gasteiger partial charge in [0.15, 0.2) is 0 Å². The molecule has 0 spiro atoms. The number of methoxy groups -OCH3 is 1. The van der Waals surface area contributed by atoms with Gasteiger partial charge in [-0.1, -0.05) is 0 Å². The van der Waals surface area contributed by atoms with Crippen LogP contribution in [-0.2, 0) is 4.74 Å². The molecular weight excluding hydrogens is 254 g/mol. The second-order valence-corrected chi connectivity index (χ2v) is 5.01. The summed E-state index contributed by atoms with van der Waals surface area (Å²) in [7, 11) is 1.70. The summed E-state index contributed by atoms with van der Waals surface area (Å²) < 4.78 is 5.36. The number of carbonyl (C=O) groups excluding carboxylic acids is 1. The number of carbonyl (C=O) groups is 1. The predicted molar refractivity (Wildman–Crippen MR) is 75.5 cm³/mol. The van der Waals surface area contributed by atoms with Crippen molar-refractivity contribution < 1.29 is 9.53 Å². The van der Waals surface area contributed by atoms with Gasteiger partial charge in [0.1, 0.15) is 0 Å². The van der Waals surface area contributed by atoms with E-state index in [4.69, 9.17) is 4.74 Å². The van der Waals surface area contributed by atoms with Gasteiger partial charge in [0.2, 0.25) is 0 Å². The largest absolute Gasteiger partial charge is 0.380 e. The Morgan fingerprint density at radius 3 is 2.90 bits per heavy atom. The number of benzene rings is 1. The molecule has 1 aromatic carbocycles. The zero-order valence-electron chi connectivity index (χ0n) is 11.5. The summed E-state index contributed by atoms with van der Waals surface area (Å²) >= 11 is 0. The lowest BCUT2D eigenvalue weighted by Crippen LogP contribution is -2.42. The maximum atomic E-state index is 12.5. The Kier molecular flexibility index (Phi) is 3.60. The molecule has 20 heavy (non-hydrogen) atoms. The average Bonchev–Trinajstić information content (AvgIpc) is 2.53. The van der Waals surface area contributed by atoms with E-state index in [2.05, 4.69) is 9.97 Å². The lowest BCUT2D eigenvalue weighted by molar-refractivity contribution is 0.0269. The first-order chi connectivity index (χ1) is 9.78. The summed E-state index contributed by atoms with van der Waals surface area (Å²) in [5.74, 6) is 0.0410. The van der Waals surface area contributed by atoms with Gasteiger partial charge in [-0.2, -0.15) is 0 Å². The molecule has 1 saturated heterocycles. The molecule has 0 bridgehead atoms.